The summed E-state index contributed by atoms with van der Waals surface area (Å²) in [5, 5.41) is 14.2. The summed E-state index contributed by atoms with van der Waals surface area (Å²) in [5.41, 5.74) is 2.23. The van der Waals surface area contributed by atoms with Gasteiger partial charge in [-0.25, -0.2) is 0 Å². The molecular weight excluding hydrogens is 236 g/mol. The standard InChI is InChI=1S/C16H22N2O/c1-17-10-4-6-15(19)9-8-13-11-14-5-2-3-7-16(14)18-12-13/h2-3,5,7,11-12,15,17,19H,4,6,8-10H2,1H3. The number of para-hydroxylation sites is 1. The van der Waals surface area contributed by atoms with Crippen LogP contribution in [0.4, 0.5) is 0 Å². The van der Waals surface area contributed by atoms with Crippen LogP contribution in [0.5, 0.6) is 0 Å². The van der Waals surface area contributed by atoms with Crippen LogP contribution < -0.4 is 5.32 Å². The van der Waals surface area contributed by atoms with Crippen LogP contribution in [0.1, 0.15) is 24.8 Å². The van der Waals surface area contributed by atoms with E-state index < -0.39 is 0 Å². The Morgan fingerprint density at radius 2 is 2.11 bits per heavy atom. The average Bonchev–Trinajstić information content (AvgIpc) is 2.45. The van der Waals surface area contributed by atoms with E-state index in [-0.39, 0.29) is 6.10 Å². The Kier molecular flexibility index (Phi) is 5.31. The van der Waals surface area contributed by atoms with E-state index in [1.54, 1.807) is 0 Å². The maximum atomic E-state index is 9.90. The third-order valence-corrected chi connectivity index (χ3v) is 3.38. The van der Waals surface area contributed by atoms with Gasteiger partial charge in [-0.1, -0.05) is 18.2 Å². The number of fused-ring (bicyclic) bond motifs is 1. The van der Waals surface area contributed by atoms with Gasteiger partial charge in [0.1, 0.15) is 0 Å². The van der Waals surface area contributed by atoms with Crippen LogP contribution in [-0.4, -0.2) is 29.8 Å². The number of hydrogen-bond acceptors (Lipinski definition) is 3. The highest BCUT2D eigenvalue weighted by molar-refractivity contribution is 5.78. The summed E-state index contributed by atoms with van der Waals surface area (Å²) in [6.07, 6.45) is 5.29. The Bertz CT molecular complexity index is 513. The number of aromatic nitrogens is 1. The Labute approximate surface area is 114 Å². The highest BCUT2D eigenvalue weighted by Crippen LogP contribution is 2.15. The second-order valence-corrected chi connectivity index (χ2v) is 4.97. The second kappa shape index (κ2) is 7.22. The number of aliphatic hydroxyl groups excluding tert-OH is 1. The molecule has 2 aromatic rings. The van der Waals surface area contributed by atoms with Crippen molar-refractivity contribution in [2.45, 2.75) is 31.8 Å². The van der Waals surface area contributed by atoms with Crippen molar-refractivity contribution in [3.63, 3.8) is 0 Å². The molecule has 0 radical (unpaired) electrons. The third-order valence-electron chi connectivity index (χ3n) is 3.38. The average molecular weight is 258 g/mol. The van der Waals surface area contributed by atoms with Crippen molar-refractivity contribution in [3.8, 4) is 0 Å². The molecule has 102 valence electrons. The lowest BCUT2D eigenvalue weighted by atomic mass is 10.0. The van der Waals surface area contributed by atoms with Gasteiger partial charge in [-0.15, -0.1) is 0 Å². The lowest BCUT2D eigenvalue weighted by Gasteiger charge is -2.10. The summed E-state index contributed by atoms with van der Waals surface area (Å²) in [7, 11) is 1.94. The molecule has 0 amide bonds. The molecule has 2 rings (SSSR count). The van der Waals surface area contributed by atoms with Crippen molar-refractivity contribution in [1.82, 2.24) is 10.3 Å². The van der Waals surface area contributed by atoms with Crippen molar-refractivity contribution in [1.29, 1.82) is 0 Å². The molecule has 0 saturated carbocycles. The molecule has 0 saturated heterocycles. The van der Waals surface area contributed by atoms with Gasteiger partial charge in [-0.3, -0.25) is 4.98 Å². The summed E-state index contributed by atoms with van der Waals surface area (Å²) in [4.78, 5) is 4.44. The van der Waals surface area contributed by atoms with E-state index in [2.05, 4.69) is 22.4 Å². The van der Waals surface area contributed by atoms with Gasteiger partial charge in [0.25, 0.3) is 0 Å². The topological polar surface area (TPSA) is 45.1 Å². The third kappa shape index (κ3) is 4.30. The van der Waals surface area contributed by atoms with Crippen molar-refractivity contribution < 1.29 is 5.11 Å². The molecule has 19 heavy (non-hydrogen) atoms. The van der Waals surface area contributed by atoms with E-state index in [9.17, 15) is 5.11 Å². The zero-order chi connectivity index (χ0) is 13.5. The lowest BCUT2D eigenvalue weighted by molar-refractivity contribution is 0.152. The first kappa shape index (κ1) is 14.0. The fourth-order valence-corrected chi connectivity index (χ4v) is 2.25. The maximum absolute atomic E-state index is 9.90. The maximum Gasteiger partial charge on any atom is 0.0702 e. The monoisotopic (exact) mass is 258 g/mol. The summed E-state index contributed by atoms with van der Waals surface area (Å²) >= 11 is 0. The first-order valence-corrected chi connectivity index (χ1v) is 6.96. The van der Waals surface area contributed by atoms with Crippen molar-refractivity contribution in [2.75, 3.05) is 13.6 Å². The Morgan fingerprint density at radius 3 is 2.95 bits per heavy atom. The largest absolute Gasteiger partial charge is 0.393 e. The van der Waals surface area contributed by atoms with Crippen molar-refractivity contribution >= 4 is 10.9 Å². The highest BCUT2D eigenvalue weighted by Gasteiger charge is 2.05. The number of aryl methyl sites for hydroxylation is 1. The van der Waals surface area contributed by atoms with Gasteiger partial charge >= 0.3 is 0 Å². The number of hydrogen-bond donors (Lipinski definition) is 2. The summed E-state index contributed by atoms with van der Waals surface area (Å²) in [5.74, 6) is 0. The number of nitrogens with zero attached hydrogens (tertiary/aromatic N) is 1. The van der Waals surface area contributed by atoms with Crippen LogP contribution in [0, 0.1) is 0 Å². The fourth-order valence-electron chi connectivity index (χ4n) is 2.25. The van der Waals surface area contributed by atoms with Gasteiger partial charge < -0.3 is 10.4 Å². The van der Waals surface area contributed by atoms with Gasteiger partial charge in [-0.2, -0.15) is 0 Å². The van der Waals surface area contributed by atoms with E-state index in [1.807, 2.05) is 31.4 Å². The molecule has 0 aliphatic rings. The quantitative estimate of drug-likeness (QED) is 0.750. The smallest absolute Gasteiger partial charge is 0.0702 e. The van der Waals surface area contributed by atoms with Crippen LogP contribution in [0.15, 0.2) is 36.5 Å². The normalized spacial score (nSPS) is 12.7. The molecule has 0 aliphatic carbocycles. The lowest BCUT2D eigenvalue weighted by Crippen LogP contribution is -2.13. The zero-order valence-electron chi connectivity index (χ0n) is 11.5. The van der Waals surface area contributed by atoms with E-state index in [0.717, 1.165) is 37.7 Å². The number of nitrogens with one attached hydrogen (secondary N) is 1. The van der Waals surface area contributed by atoms with Crippen LogP contribution in [0.25, 0.3) is 10.9 Å². The molecule has 3 nitrogen and oxygen atoms in total. The minimum absolute atomic E-state index is 0.208. The number of rotatable bonds is 7. The van der Waals surface area contributed by atoms with Gasteiger partial charge in [-0.05, 0) is 57.0 Å². The van der Waals surface area contributed by atoms with Crippen LogP contribution >= 0.6 is 0 Å². The Morgan fingerprint density at radius 1 is 1.26 bits per heavy atom. The van der Waals surface area contributed by atoms with Gasteiger partial charge in [0.05, 0.1) is 11.6 Å². The van der Waals surface area contributed by atoms with E-state index in [1.165, 1.54) is 10.9 Å². The van der Waals surface area contributed by atoms with Crippen LogP contribution in [-0.2, 0) is 6.42 Å². The molecule has 1 heterocycles. The van der Waals surface area contributed by atoms with Gasteiger partial charge in [0.15, 0.2) is 0 Å². The number of aliphatic hydroxyl groups is 1. The van der Waals surface area contributed by atoms with Crippen LogP contribution in [0.2, 0.25) is 0 Å². The molecule has 1 unspecified atom stereocenters. The van der Waals surface area contributed by atoms with Crippen molar-refractivity contribution in [3.05, 3.63) is 42.1 Å². The highest BCUT2D eigenvalue weighted by atomic mass is 16.3. The molecule has 0 spiro atoms. The van der Waals surface area contributed by atoms with Crippen molar-refractivity contribution in [2.24, 2.45) is 0 Å². The molecule has 1 aromatic heterocycles. The molecule has 0 bridgehead atoms. The Balaban J connectivity index is 1.87. The first-order valence-electron chi connectivity index (χ1n) is 6.96. The molecule has 0 aliphatic heterocycles. The number of benzene rings is 1. The molecule has 1 atom stereocenters. The molecule has 1 aromatic carbocycles. The fraction of sp³-hybridized carbons (Fsp3) is 0.438. The number of pyridine rings is 1. The predicted molar refractivity (Wildman–Crippen MR) is 79.2 cm³/mol. The first-order chi connectivity index (χ1) is 9.29. The van der Waals surface area contributed by atoms with E-state index >= 15 is 0 Å². The van der Waals surface area contributed by atoms with Crippen LogP contribution in [0.3, 0.4) is 0 Å². The SMILES string of the molecule is CNCCCC(O)CCc1cnc2ccccc2c1. The zero-order valence-corrected chi connectivity index (χ0v) is 11.5. The molecule has 0 fully saturated rings. The molecule has 3 heteroatoms. The van der Waals surface area contributed by atoms with Gasteiger partial charge in [0, 0.05) is 11.6 Å². The summed E-state index contributed by atoms with van der Waals surface area (Å²) < 4.78 is 0. The van der Waals surface area contributed by atoms with E-state index in [0.29, 0.717) is 0 Å². The van der Waals surface area contributed by atoms with E-state index in [4.69, 9.17) is 0 Å². The molecular formula is C16H22N2O. The second-order valence-electron chi connectivity index (χ2n) is 4.97. The summed E-state index contributed by atoms with van der Waals surface area (Å²) in [6.45, 7) is 0.967. The Hall–Kier alpha value is -1.45. The summed E-state index contributed by atoms with van der Waals surface area (Å²) in [6, 6.07) is 10.3. The minimum Gasteiger partial charge on any atom is -0.393 e. The predicted octanol–water partition coefficient (Wildman–Crippen LogP) is 2.53. The molecule has 2 N–H and O–H groups in total. The minimum atomic E-state index is -0.208. The van der Waals surface area contributed by atoms with Gasteiger partial charge in [0.2, 0.25) is 0 Å².